The highest BCUT2D eigenvalue weighted by atomic mass is 15.5. The van der Waals surface area contributed by atoms with Crippen molar-refractivity contribution in [3.05, 3.63) is 5.82 Å². The minimum Gasteiger partial charge on any atom is -0.318 e. The number of nitrogens with two attached hydrogens (primary N) is 1. The van der Waals surface area contributed by atoms with Crippen LogP contribution >= 0.6 is 0 Å². The van der Waals surface area contributed by atoms with Gasteiger partial charge in [-0.05, 0) is 18.3 Å². The normalized spacial score (nSPS) is 38.5. The number of hydrogen-bond acceptors (Lipinski definition) is 4. The summed E-state index contributed by atoms with van der Waals surface area (Å²) in [6.07, 6.45) is 3.35. The third-order valence-electron chi connectivity index (χ3n) is 3.68. The zero-order valence-electron chi connectivity index (χ0n) is 8.70. The molecule has 1 saturated carbocycles. The van der Waals surface area contributed by atoms with E-state index in [1.54, 1.807) is 0 Å². The van der Waals surface area contributed by atoms with Crippen molar-refractivity contribution in [3.63, 3.8) is 0 Å². The molecule has 78 valence electrons. The number of nitrogens with zero attached hydrogens (tertiary/aromatic N) is 3. The van der Waals surface area contributed by atoms with E-state index in [0.29, 0.717) is 17.7 Å². The van der Waals surface area contributed by atoms with Gasteiger partial charge in [-0.25, -0.2) is 0 Å². The number of rotatable bonds is 1. The van der Waals surface area contributed by atoms with Crippen LogP contribution in [0.25, 0.3) is 0 Å². The Morgan fingerprint density at radius 2 is 2.29 bits per heavy atom. The topological polar surface area (TPSA) is 80.5 Å². The summed E-state index contributed by atoms with van der Waals surface area (Å²) in [5.41, 5.74) is 5.99. The van der Waals surface area contributed by atoms with Gasteiger partial charge in [0.05, 0.1) is 5.54 Å². The predicted molar refractivity (Wildman–Crippen MR) is 52.2 cm³/mol. The van der Waals surface area contributed by atoms with Crippen molar-refractivity contribution in [1.82, 2.24) is 20.6 Å². The van der Waals surface area contributed by atoms with Crippen LogP contribution < -0.4 is 5.73 Å². The fraction of sp³-hybridized carbons (Fsp3) is 0.889. The molecule has 1 aliphatic carbocycles. The first kappa shape index (κ1) is 9.58. The standard InChI is InChI=1S/C9H17N5/c1-6-4-3-5-9(10,7(6)2)8-11-13-14-12-8/h6-7H,3-5,10H2,1-2H3,(H,11,12,13,14). The van der Waals surface area contributed by atoms with Crippen LogP contribution in [0.5, 0.6) is 0 Å². The molecule has 3 unspecified atom stereocenters. The number of tetrazole rings is 1. The molecule has 0 bridgehead atoms. The van der Waals surface area contributed by atoms with E-state index in [4.69, 9.17) is 5.73 Å². The highest BCUT2D eigenvalue weighted by molar-refractivity contribution is 5.06. The first-order valence-electron chi connectivity index (χ1n) is 5.17. The number of aromatic nitrogens is 4. The molecule has 5 heteroatoms. The molecule has 0 aromatic carbocycles. The van der Waals surface area contributed by atoms with Crippen LogP contribution in [-0.4, -0.2) is 20.6 Å². The van der Waals surface area contributed by atoms with E-state index in [1.165, 1.54) is 6.42 Å². The van der Waals surface area contributed by atoms with E-state index < -0.39 is 0 Å². The molecule has 0 radical (unpaired) electrons. The van der Waals surface area contributed by atoms with Gasteiger partial charge in [0, 0.05) is 0 Å². The summed E-state index contributed by atoms with van der Waals surface area (Å²) in [5.74, 6) is 1.71. The predicted octanol–water partition coefficient (Wildman–Crippen LogP) is 0.810. The lowest BCUT2D eigenvalue weighted by molar-refractivity contribution is 0.135. The Morgan fingerprint density at radius 3 is 2.93 bits per heavy atom. The molecular weight excluding hydrogens is 178 g/mol. The van der Waals surface area contributed by atoms with Gasteiger partial charge in [-0.15, -0.1) is 10.2 Å². The summed E-state index contributed by atoms with van der Waals surface area (Å²) in [6.45, 7) is 4.42. The second-order valence-electron chi connectivity index (χ2n) is 4.43. The largest absolute Gasteiger partial charge is 0.318 e. The van der Waals surface area contributed by atoms with Gasteiger partial charge in [0.25, 0.3) is 0 Å². The monoisotopic (exact) mass is 195 g/mol. The van der Waals surface area contributed by atoms with Gasteiger partial charge < -0.3 is 5.73 Å². The summed E-state index contributed by atoms with van der Waals surface area (Å²) in [7, 11) is 0. The fourth-order valence-electron chi connectivity index (χ4n) is 2.38. The van der Waals surface area contributed by atoms with Crippen molar-refractivity contribution in [2.45, 2.75) is 38.6 Å². The van der Waals surface area contributed by atoms with Crippen LogP contribution in [0.2, 0.25) is 0 Å². The van der Waals surface area contributed by atoms with Crippen molar-refractivity contribution in [3.8, 4) is 0 Å². The molecule has 0 saturated heterocycles. The molecule has 5 nitrogen and oxygen atoms in total. The maximum atomic E-state index is 6.37. The Bertz CT molecular complexity index is 296. The van der Waals surface area contributed by atoms with Gasteiger partial charge in [0.1, 0.15) is 0 Å². The average Bonchev–Trinajstić information content (AvgIpc) is 2.67. The minimum atomic E-state index is -0.384. The second kappa shape index (κ2) is 3.31. The lowest BCUT2D eigenvalue weighted by Gasteiger charge is -2.40. The van der Waals surface area contributed by atoms with Gasteiger partial charge in [-0.1, -0.05) is 31.9 Å². The molecule has 2 rings (SSSR count). The van der Waals surface area contributed by atoms with Crippen LogP contribution in [0.1, 0.15) is 38.9 Å². The van der Waals surface area contributed by atoms with Crippen molar-refractivity contribution < 1.29 is 0 Å². The number of nitrogens with one attached hydrogen (secondary N) is 1. The van der Waals surface area contributed by atoms with E-state index in [2.05, 4.69) is 34.5 Å². The summed E-state index contributed by atoms with van der Waals surface area (Å²) >= 11 is 0. The Labute approximate surface area is 83.5 Å². The Kier molecular flexibility index (Phi) is 2.26. The second-order valence-corrected chi connectivity index (χ2v) is 4.43. The molecule has 0 aliphatic heterocycles. The Balaban J connectivity index is 2.30. The van der Waals surface area contributed by atoms with Crippen molar-refractivity contribution >= 4 is 0 Å². The van der Waals surface area contributed by atoms with E-state index in [0.717, 1.165) is 12.8 Å². The summed E-state index contributed by atoms with van der Waals surface area (Å²) in [4.78, 5) is 0. The maximum Gasteiger partial charge on any atom is 0.194 e. The molecule has 0 amide bonds. The lowest BCUT2D eigenvalue weighted by Crippen LogP contribution is -2.49. The molecule has 1 heterocycles. The quantitative estimate of drug-likeness (QED) is 0.695. The summed E-state index contributed by atoms with van der Waals surface area (Å²) in [5, 5.41) is 14.1. The number of aromatic amines is 1. The van der Waals surface area contributed by atoms with Crippen LogP contribution in [0, 0.1) is 11.8 Å². The maximum absolute atomic E-state index is 6.37. The lowest BCUT2D eigenvalue weighted by atomic mass is 9.68. The van der Waals surface area contributed by atoms with Gasteiger partial charge in [0.2, 0.25) is 0 Å². The van der Waals surface area contributed by atoms with Gasteiger partial charge in [-0.3, -0.25) is 0 Å². The molecule has 1 fully saturated rings. The first-order chi connectivity index (χ1) is 6.64. The molecule has 3 atom stereocenters. The first-order valence-corrected chi connectivity index (χ1v) is 5.17. The Hall–Kier alpha value is -0.970. The summed E-state index contributed by atoms with van der Waals surface area (Å²) in [6, 6.07) is 0. The number of H-pyrrole nitrogens is 1. The average molecular weight is 195 g/mol. The van der Waals surface area contributed by atoms with Gasteiger partial charge >= 0.3 is 0 Å². The van der Waals surface area contributed by atoms with E-state index >= 15 is 0 Å². The fourth-order valence-corrected chi connectivity index (χ4v) is 2.38. The van der Waals surface area contributed by atoms with Crippen LogP contribution in [0.4, 0.5) is 0 Å². The molecule has 14 heavy (non-hydrogen) atoms. The Morgan fingerprint density at radius 1 is 1.50 bits per heavy atom. The number of hydrogen-bond donors (Lipinski definition) is 2. The zero-order valence-corrected chi connectivity index (χ0v) is 8.70. The molecule has 3 N–H and O–H groups in total. The minimum absolute atomic E-state index is 0.384. The van der Waals surface area contributed by atoms with Crippen molar-refractivity contribution in [2.75, 3.05) is 0 Å². The van der Waals surface area contributed by atoms with Crippen LogP contribution in [0.3, 0.4) is 0 Å². The molecule has 1 aromatic heterocycles. The third-order valence-corrected chi connectivity index (χ3v) is 3.68. The van der Waals surface area contributed by atoms with Crippen LogP contribution in [0.15, 0.2) is 0 Å². The SMILES string of the molecule is CC1CCCC(N)(c2nn[nH]n2)C1C. The smallest absolute Gasteiger partial charge is 0.194 e. The third kappa shape index (κ3) is 1.32. The van der Waals surface area contributed by atoms with Gasteiger partial charge in [0.15, 0.2) is 5.82 Å². The zero-order chi connectivity index (χ0) is 10.2. The summed E-state index contributed by atoms with van der Waals surface area (Å²) < 4.78 is 0. The van der Waals surface area contributed by atoms with E-state index in [9.17, 15) is 0 Å². The van der Waals surface area contributed by atoms with E-state index in [1.807, 2.05) is 0 Å². The molecular formula is C9H17N5. The van der Waals surface area contributed by atoms with Crippen LogP contribution in [-0.2, 0) is 5.54 Å². The molecule has 1 aromatic rings. The molecule has 1 aliphatic rings. The highest BCUT2D eigenvalue weighted by Gasteiger charge is 2.42. The highest BCUT2D eigenvalue weighted by Crippen LogP contribution is 2.40. The van der Waals surface area contributed by atoms with Gasteiger partial charge in [-0.2, -0.15) is 5.21 Å². The molecule has 0 spiro atoms. The van der Waals surface area contributed by atoms with Crippen molar-refractivity contribution in [1.29, 1.82) is 0 Å². The van der Waals surface area contributed by atoms with Crippen molar-refractivity contribution in [2.24, 2.45) is 17.6 Å². The van der Waals surface area contributed by atoms with E-state index in [-0.39, 0.29) is 5.54 Å².